The SMILES string of the molecule is C/C=C/c1ccc(OCC(=O)NCc2ccc(Cn3cncn3)cc2)c(OC)c1. The summed E-state index contributed by atoms with van der Waals surface area (Å²) >= 11 is 0. The van der Waals surface area contributed by atoms with Crippen LogP contribution in [0.25, 0.3) is 6.08 Å². The third kappa shape index (κ3) is 5.93. The summed E-state index contributed by atoms with van der Waals surface area (Å²) < 4.78 is 12.7. The van der Waals surface area contributed by atoms with Gasteiger partial charge in [0.15, 0.2) is 18.1 Å². The van der Waals surface area contributed by atoms with Crippen molar-refractivity contribution in [3.8, 4) is 11.5 Å². The molecule has 0 aliphatic heterocycles. The van der Waals surface area contributed by atoms with Crippen molar-refractivity contribution in [3.05, 3.63) is 77.9 Å². The van der Waals surface area contributed by atoms with E-state index in [1.807, 2.05) is 55.5 Å². The second-order valence-corrected chi connectivity index (χ2v) is 6.39. The molecule has 1 N–H and O–H groups in total. The van der Waals surface area contributed by atoms with Crippen molar-refractivity contribution in [2.75, 3.05) is 13.7 Å². The average molecular weight is 392 g/mol. The van der Waals surface area contributed by atoms with E-state index in [1.165, 1.54) is 6.33 Å². The van der Waals surface area contributed by atoms with Crippen molar-refractivity contribution in [1.82, 2.24) is 20.1 Å². The average Bonchev–Trinajstić information content (AvgIpc) is 3.25. The normalized spacial score (nSPS) is 10.8. The molecule has 2 aromatic carbocycles. The lowest BCUT2D eigenvalue weighted by molar-refractivity contribution is -0.123. The predicted molar refractivity (Wildman–Crippen MR) is 111 cm³/mol. The van der Waals surface area contributed by atoms with Crippen molar-refractivity contribution >= 4 is 12.0 Å². The van der Waals surface area contributed by atoms with E-state index >= 15 is 0 Å². The Morgan fingerprint density at radius 1 is 1.14 bits per heavy atom. The molecule has 1 aromatic heterocycles. The monoisotopic (exact) mass is 392 g/mol. The highest BCUT2D eigenvalue weighted by molar-refractivity contribution is 5.77. The Bertz CT molecular complexity index is 951. The molecule has 3 aromatic rings. The van der Waals surface area contributed by atoms with Gasteiger partial charge in [-0.15, -0.1) is 0 Å². The molecular formula is C22H24N4O3. The molecule has 0 aliphatic carbocycles. The standard InChI is InChI=1S/C22H24N4O3/c1-3-4-17-9-10-20(21(11-17)28-2)29-14-22(27)24-12-18-5-7-19(8-6-18)13-26-16-23-15-25-26/h3-11,15-16H,12-14H2,1-2H3,(H,24,27)/b4-3+. The summed E-state index contributed by atoms with van der Waals surface area (Å²) in [6.07, 6.45) is 7.11. The van der Waals surface area contributed by atoms with E-state index in [0.29, 0.717) is 24.6 Å². The van der Waals surface area contributed by atoms with Crippen LogP contribution in [0, 0.1) is 0 Å². The Morgan fingerprint density at radius 3 is 2.62 bits per heavy atom. The van der Waals surface area contributed by atoms with E-state index in [2.05, 4.69) is 15.4 Å². The summed E-state index contributed by atoms with van der Waals surface area (Å²) in [6, 6.07) is 13.6. The van der Waals surface area contributed by atoms with E-state index in [1.54, 1.807) is 24.2 Å². The zero-order valence-electron chi connectivity index (χ0n) is 16.5. The number of amides is 1. The number of methoxy groups -OCH3 is 1. The van der Waals surface area contributed by atoms with Crippen molar-refractivity contribution in [2.45, 2.75) is 20.0 Å². The fraction of sp³-hybridized carbons (Fsp3) is 0.227. The number of aromatic nitrogens is 3. The first-order valence-corrected chi connectivity index (χ1v) is 9.28. The molecule has 0 unspecified atom stereocenters. The highest BCUT2D eigenvalue weighted by atomic mass is 16.5. The van der Waals surface area contributed by atoms with E-state index in [-0.39, 0.29) is 12.5 Å². The van der Waals surface area contributed by atoms with E-state index in [0.717, 1.165) is 16.7 Å². The number of hydrogen-bond donors (Lipinski definition) is 1. The molecule has 0 aliphatic rings. The second-order valence-electron chi connectivity index (χ2n) is 6.39. The minimum Gasteiger partial charge on any atom is -0.493 e. The first-order chi connectivity index (χ1) is 14.2. The van der Waals surface area contributed by atoms with Crippen molar-refractivity contribution in [2.24, 2.45) is 0 Å². The van der Waals surface area contributed by atoms with E-state index in [4.69, 9.17) is 9.47 Å². The number of hydrogen-bond acceptors (Lipinski definition) is 5. The lowest BCUT2D eigenvalue weighted by Gasteiger charge is -2.12. The molecule has 0 spiro atoms. The molecule has 0 radical (unpaired) electrons. The molecule has 0 atom stereocenters. The van der Waals surface area contributed by atoms with Gasteiger partial charge in [-0.2, -0.15) is 5.10 Å². The first-order valence-electron chi connectivity index (χ1n) is 9.28. The molecular weight excluding hydrogens is 368 g/mol. The fourth-order valence-corrected chi connectivity index (χ4v) is 2.76. The third-order valence-electron chi connectivity index (χ3n) is 4.23. The molecule has 3 rings (SSSR count). The zero-order valence-corrected chi connectivity index (χ0v) is 16.5. The number of nitrogens with zero attached hydrogens (tertiary/aromatic N) is 3. The smallest absolute Gasteiger partial charge is 0.258 e. The first kappa shape index (κ1) is 20.1. The quantitative estimate of drug-likeness (QED) is 0.606. The van der Waals surface area contributed by atoms with Crippen LogP contribution in [0.4, 0.5) is 0 Å². The van der Waals surface area contributed by atoms with Gasteiger partial charge in [0.1, 0.15) is 12.7 Å². The van der Waals surface area contributed by atoms with Crippen LogP contribution in [0.1, 0.15) is 23.6 Å². The molecule has 29 heavy (non-hydrogen) atoms. The van der Waals surface area contributed by atoms with Crippen molar-refractivity contribution < 1.29 is 14.3 Å². The summed E-state index contributed by atoms with van der Waals surface area (Å²) in [6.45, 7) is 2.97. The molecule has 150 valence electrons. The van der Waals surface area contributed by atoms with Gasteiger partial charge in [0.05, 0.1) is 13.7 Å². The largest absolute Gasteiger partial charge is 0.493 e. The maximum atomic E-state index is 12.1. The third-order valence-corrected chi connectivity index (χ3v) is 4.23. The van der Waals surface area contributed by atoms with Gasteiger partial charge in [0.2, 0.25) is 0 Å². The van der Waals surface area contributed by atoms with Gasteiger partial charge < -0.3 is 14.8 Å². The lowest BCUT2D eigenvalue weighted by Crippen LogP contribution is -2.28. The highest BCUT2D eigenvalue weighted by Gasteiger charge is 2.08. The van der Waals surface area contributed by atoms with Gasteiger partial charge in [-0.05, 0) is 35.7 Å². The Hall–Kier alpha value is -3.61. The molecule has 1 amide bonds. The van der Waals surface area contributed by atoms with Crippen LogP contribution in [-0.2, 0) is 17.9 Å². The molecule has 0 saturated heterocycles. The zero-order chi connectivity index (χ0) is 20.5. The Morgan fingerprint density at radius 2 is 1.93 bits per heavy atom. The van der Waals surface area contributed by atoms with Gasteiger partial charge >= 0.3 is 0 Å². The van der Waals surface area contributed by atoms with Crippen molar-refractivity contribution in [3.63, 3.8) is 0 Å². The van der Waals surface area contributed by atoms with Crippen molar-refractivity contribution in [1.29, 1.82) is 0 Å². The van der Waals surface area contributed by atoms with Crippen LogP contribution in [0.5, 0.6) is 11.5 Å². The lowest BCUT2D eigenvalue weighted by atomic mass is 10.1. The maximum absolute atomic E-state index is 12.1. The van der Waals surface area contributed by atoms with Gasteiger partial charge in [-0.25, -0.2) is 9.67 Å². The summed E-state index contributed by atoms with van der Waals surface area (Å²) in [5.41, 5.74) is 3.13. The molecule has 0 saturated carbocycles. The number of ether oxygens (including phenoxy) is 2. The number of rotatable bonds is 9. The Balaban J connectivity index is 1.47. The van der Waals surface area contributed by atoms with Crippen LogP contribution in [-0.4, -0.2) is 34.4 Å². The van der Waals surface area contributed by atoms with Crippen LogP contribution in [0.15, 0.2) is 61.2 Å². The van der Waals surface area contributed by atoms with Crippen LogP contribution >= 0.6 is 0 Å². The summed E-state index contributed by atoms with van der Waals surface area (Å²) in [5, 5.41) is 6.95. The fourth-order valence-electron chi connectivity index (χ4n) is 2.76. The Kier molecular flexibility index (Phi) is 7.00. The molecule has 7 nitrogen and oxygen atoms in total. The second kappa shape index (κ2) is 10.1. The van der Waals surface area contributed by atoms with Crippen LogP contribution in [0.3, 0.4) is 0 Å². The topological polar surface area (TPSA) is 78.3 Å². The minimum atomic E-state index is -0.198. The molecule has 1 heterocycles. The molecule has 7 heteroatoms. The van der Waals surface area contributed by atoms with Gasteiger partial charge in [0.25, 0.3) is 5.91 Å². The summed E-state index contributed by atoms with van der Waals surface area (Å²) in [7, 11) is 1.58. The summed E-state index contributed by atoms with van der Waals surface area (Å²) in [4.78, 5) is 16.1. The van der Waals surface area contributed by atoms with Crippen LogP contribution < -0.4 is 14.8 Å². The van der Waals surface area contributed by atoms with Gasteiger partial charge in [0, 0.05) is 6.54 Å². The van der Waals surface area contributed by atoms with Gasteiger partial charge in [-0.1, -0.05) is 42.5 Å². The van der Waals surface area contributed by atoms with Gasteiger partial charge in [-0.3, -0.25) is 4.79 Å². The highest BCUT2D eigenvalue weighted by Crippen LogP contribution is 2.28. The Labute approximate surface area is 170 Å². The number of benzene rings is 2. The number of carbonyl (C=O) groups is 1. The predicted octanol–water partition coefficient (Wildman–Crippen LogP) is 3.06. The number of allylic oxidation sites excluding steroid dienone is 1. The van der Waals surface area contributed by atoms with E-state index < -0.39 is 0 Å². The van der Waals surface area contributed by atoms with E-state index in [9.17, 15) is 4.79 Å². The van der Waals surface area contributed by atoms with Crippen LogP contribution in [0.2, 0.25) is 0 Å². The molecule has 0 bridgehead atoms. The summed E-state index contributed by atoms with van der Waals surface area (Å²) in [5.74, 6) is 0.931. The molecule has 0 fully saturated rings. The maximum Gasteiger partial charge on any atom is 0.258 e. The minimum absolute atomic E-state index is 0.0797. The number of nitrogens with one attached hydrogen (secondary N) is 1. The number of carbonyl (C=O) groups excluding carboxylic acids is 1.